The van der Waals surface area contributed by atoms with Gasteiger partial charge < -0.3 is 21.4 Å². The van der Waals surface area contributed by atoms with Crippen LogP contribution in [0.1, 0.15) is 0 Å². The van der Waals surface area contributed by atoms with E-state index in [0.717, 1.165) is 0 Å². The van der Waals surface area contributed by atoms with Crippen molar-refractivity contribution in [1.29, 1.82) is 0 Å². The lowest BCUT2D eigenvalue weighted by molar-refractivity contribution is 0.0823. The molecule has 0 fully saturated rings. The summed E-state index contributed by atoms with van der Waals surface area (Å²) in [7, 11) is 0. The monoisotopic (exact) mass is 208 g/mol. The van der Waals surface area contributed by atoms with Gasteiger partial charge >= 0.3 is 0 Å². The van der Waals surface area contributed by atoms with Crippen LogP contribution >= 0.6 is 0 Å². The first-order valence-corrected chi connectivity index (χ1v) is 4.49. The van der Waals surface area contributed by atoms with E-state index in [1.807, 2.05) is 0 Å². The third-order valence-electron chi connectivity index (χ3n) is 2.05. The molecule has 80 valence electrons. The molecule has 0 aliphatic rings. The Morgan fingerprint density at radius 2 is 2.07 bits per heavy atom. The summed E-state index contributed by atoms with van der Waals surface area (Å²) in [4.78, 5) is 9.30. The van der Waals surface area contributed by atoms with E-state index in [-0.39, 0.29) is 13.2 Å². The van der Waals surface area contributed by atoms with Gasteiger partial charge in [0.15, 0.2) is 0 Å². The van der Waals surface area contributed by atoms with Crippen LogP contribution in [0.25, 0.3) is 11.0 Å². The number of benzene rings is 1. The Balaban J connectivity index is 2.53. The second-order valence-electron chi connectivity index (χ2n) is 3.07. The molecule has 0 radical (unpaired) electrons. The largest absolute Gasteiger partial charge is 0.410 e. The highest BCUT2D eigenvalue weighted by molar-refractivity contribution is 5.95. The van der Waals surface area contributed by atoms with E-state index in [1.54, 1.807) is 12.1 Å². The molecule has 2 rings (SSSR count). The number of nitrogens with two attached hydrogens (primary N) is 2. The van der Waals surface area contributed by atoms with E-state index in [0.29, 0.717) is 22.4 Å². The third kappa shape index (κ3) is 1.55. The van der Waals surface area contributed by atoms with Gasteiger partial charge in [0.1, 0.15) is 24.0 Å². The maximum Gasteiger partial charge on any atom is 0.138 e. The molecule has 5 N–H and O–H groups in total. The van der Waals surface area contributed by atoms with Crippen molar-refractivity contribution in [2.45, 2.75) is 0 Å². The van der Waals surface area contributed by atoms with Crippen molar-refractivity contribution >= 4 is 22.4 Å². The molecule has 2 aromatic rings. The number of hydrogen-bond donors (Lipinski definition) is 3. The van der Waals surface area contributed by atoms with Crippen LogP contribution in [0.2, 0.25) is 0 Å². The summed E-state index contributed by atoms with van der Waals surface area (Å²) in [6.45, 7) is 0.113. The molecule has 0 aliphatic carbocycles. The Bertz CT molecular complexity index is 480. The fourth-order valence-electron chi connectivity index (χ4n) is 1.38. The van der Waals surface area contributed by atoms with Crippen molar-refractivity contribution < 1.29 is 9.94 Å². The van der Waals surface area contributed by atoms with Crippen molar-refractivity contribution in [3.8, 4) is 0 Å². The second kappa shape index (κ2) is 3.66. The highest BCUT2D eigenvalue weighted by Gasteiger charge is 2.09. The first kappa shape index (κ1) is 9.60. The van der Waals surface area contributed by atoms with Crippen LogP contribution in [-0.2, 0) is 0 Å². The van der Waals surface area contributed by atoms with Gasteiger partial charge in [-0.05, 0) is 12.1 Å². The molecule has 0 unspecified atom stereocenters. The molecule has 0 saturated heterocycles. The van der Waals surface area contributed by atoms with E-state index in [1.165, 1.54) is 11.1 Å². The zero-order valence-electron chi connectivity index (χ0n) is 8.05. The Kier molecular flexibility index (Phi) is 2.34. The lowest BCUT2D eigenvalue weighted by Crippen LogP contribution is -2.14. The number of imidazole rings is 1. The minimum atomic E-state index is -0.0676. The number of hydrogen-bond acceptors (Lipinski definition) is 5. The molecular weight excluding hydrogens is 196 g/mol. The van der Waals surface area contributed by atoms with E-state index in [9.17, 15) is 0 Å². The predicted molar refractivity (Wildman–Crippen MR) is 57.1 cm³/mol. The molecule has 6 nitrogen and oxygen atoms in total. The quantitative estimate of drug-likeness (QED) is 0.597. The fraction of sp³-hybridized carbons (Fsp3) is 0.222. The standard InChI is InChI=1S/C9H12N4O2/c10-6-1-2-7(11)9-8(6)12-5-13(9)15-4-3-14/h1-2,5,14H,3-4,10-11H2. The Hall–Kier alpha value is -1.95. The summed E-state index contributed by atoms with van der Waals surface area (Å²) in [5, 5.41) is 8.65. The van der Waals surface area contributed by atoms with Gasteiger partial charge in [0.2, 0.25) is 0 Å². The first-order valence-electron chi connectivity index (χ1n) is 4.49. The smallest absolute Gasteiger partial charge is 0.138 e. The van der Waals surface area contributed by atoms with Crippen molar-refractivity contribution in [3.05, 3.63) is 18.5 Å². The van der Waals surface area contributed by atoms with Gasteiger partial charge in [-0.3, -0.25) is 0 Å². The summed E-state index contributed by atoms with van der Waals surface area (Å²) in [5.41, 5.74) is 13.8. The fourth-order valence-corrected chi connectivity index (χ4v) is 1.38. The summed E-state index contributed by atoms with van der Waals surface area (Å²) >= 11 is 0. The zero-order valence-corrected chi connectivity index (χ0v) is 8.05. The zero-order chi connectivity index (χ0) is 10.8. The van der Waals surface area contributed by atoms with Crippen LogP contribution < -0.4 is 16.3 Å². The highest BCUT2D eigenvalue weighted by Crippen LogP contribution is 2.24. The van der Waals surface area contributed by atoms with E-state index in [2.05, 4.69) is 4.98 Å². The normalized spacial score (nSPS) is 10.7. The van der Waals surface area contributed by atoms with Gasteiger partial charge in [-0.2, -0.15) is 4.73 Å². The van der Waals surface area contributed by atoms with E-state index in [4.69, 9.17) is 21.4 Å². The number of anilines is 2. The number of rotatable bonds is 3. The van der Waals surface area contributed by atoms with Crippen LogP contribution in [0.3, 0.4) is 0 Å². The molecule has 1 aromatic carbocycles. The summed E-state index contributed by atoms with van der Waals surface area (Å²) in [6.07, 6.45) is 1.48. The van der Waals surface area contributed by atoms with Crippen LogP contribution in [0, 0.1) is 0 Å². The van der Waals surface area contributed by atoms with Crippen LogP contribution in [0.4, 0.5) is 11.4 Å². The molecule has 0 amide bonds. The first-order chi connectivity index (χ1) is 7.24. The second-order valence-corrected chi connectivity index (χ2v) is 3.07. The Morgan fingerprint density at radius 3 is 2.80 bits per heavy atom. The van der Waals surface area contributed by atoms with Gasteiger partial charge in [-0.15, -0.1) is 0 Å². The molecule has 0 saturated carbocycles. The molecule has 0 spiro atoms. The number of aliphatic hydroxyl groups is 1. The molecule has 1 aromatic heterocycles. The van der Waals surface area contributed by atoms with Gasteiger partial charge in [0.25, 0.3) is 0 Å². The molecular formula is C9H12N4O2. The maximum atomic E-state index is 8.65. The van der Waals surface area contributed by atoms with E-state index < -0.39 is 0 Å². The van der Waals surface area contributed by atoms with Gasteiger partial charge in [-0.1, -0.05) is 0 Å². The average Bonchev–Trinajstić information content (AvgIpc) is 2.65. The summed E-state index contributed by atoms with van der Waals surface area (Å²) < 4.78 is 1.41. The Morgan fingerprint density at radius 1 is 1.33 bits per heavy atom. The topological polar surface area (TPSA) is 99.3 Å². The Labute approximate surface area is 86.0 Å². The SMILES string of the molecule is Nc1ccc(N)c2c1ncn2OCCO. The van der Waals surface area contributed by atoms with E-state index >= 15 is 0 Å². The highest BCUT2D eigenvalue weighted by atomic mass is 16.7. The number of nitrogen functional groups attached to an aromatic ring is 2. The summed E-state index contributed by atoms with van der Waals surface area (Å²) in [6, 6.07) is 3.39. The maximum absolute atomic E-state index is 8.65. The number of fused-ring (bicyclic) bond motifs is 1. The molecule has 6 heteroatoms. The van der Waals surface area contributed by atoms with Crippen molar-refractivity contribution in [1.82, 2.24) is 9.71 Å². The van der Waals surface area contributed by atoms with Crippen molar-refractivity contribution in [3.63, 3.8) is 0 Å². The summed E-state index contributed by atoms with van der Waals surface area (Å²) in [5.74, 6) is 0. The third-order valence-corrected chi connectivity index (χ3v) is 2.05. The van der Waals surface area contributed by atoms with Gasteiger partial charge in [-0.25, -0.2) is 4.98 Å². The molecule has 15 heavy (non-hydrogen) atoms. The van der Waals surface area contributed by atoms with Crippen molar-refractivity contribution in [2.24, 2.45) is 0 Å². The minimum absolute atomic E-state index is 0.0676. The van der Waals surface area contributed by atoms with Crippen LogP contribution in [0.15, 0.2) is 18.5 Å². The minimum Gasteiger partial charge on any atom is -0.410 e. The lowest BCUT2D eigenvalue weighted by Gasteiger charge is -2.07. The number of aliphatic hydroxyl groups excluding tert-OH is 1. The van der Waals surface area contributed by atoms with Crippen LogP contribution in [0.5, 0.6) is 0 Å². The molecule has 0 aliphatic heterocycles. The molecule has 0 atom stereocenters. The number of nitrogens with zero attached hydrogens (tertiary/aromatic N) is 2. The molecule has 1 heterocycles. The van der Waals surface area contributed by atoms with Gasteiger partial charge in [0, 0.05) is 0 Å². The molecule has 0 bridgehead atoms. The van der Waals surface area contributed by atoms with Crippen LogP contribution in [-0.4, -0.2) is 28.0 Å². The average molecular weight is 208 g/mol. The van der Waals surface area contributed by atoms with Gasteiger partial charge in [0.05, 0.1) is 18.0 Å². The number of aromatic nitrogens is 2. The predicted octanol–water partition coefficient (Wildman–Crippen LogP) is -0.378. The van der Waals surface area contributed by atoms with Crippen molar-refractivity contribution in [2.75, 3.05) is 24.7 Å². The lowest BCUT2D eigenvalue weighted by atomic mass is 10.2.